The second kappa shape index (κ2) is 9.91. The number of ether oxygens (including phenoxy) is 1. The van der Waals surface area contributed by atoms with Crippen LogP contribution in [0.15, 0.2) is 35.5 Å². The van der Waals surface area contributed by atoms with Crippen LogP contribution in [0.2, 0.25) is 0 Å². The number of nitrogens with zero attached hydrogens (tertiary/aromatic N) is 3. The van der Waals surface area contributed by atoms with E-state index in [9.17, 15) is 18.8 Å². The number of nitrogens with one attached hydrogen (secondary N) is 1. The molecule has 2 heterocycles. The molecule has 0 spiro atoms. The first-order valence-corrected chi connectivity index (χ1v) is 11.7. The Bertz CT molecular complexity index is 954. The van der Waals surface area contributed by atoms with Gasteiger partial charge < -0.3 is 15.0 Å². The summed E-state index contributed by atoms with van der Waals surface area (Å²) in [7, 11) is 0. The summed E-state index contributed by atoms with van der Waals surface area (Å²) in [6, 6.07) is 4.76. The Hall–Kier alpha value is -2.94. The lowest BCUT2D eigenvalue weighted by molar-refractivity contribution is -0.139. The van der Waals surface area contributed by atoms with Gasteiger partial charge in [0.15, 0.2) is 0 Å². The Morgan fingerprint density at radius 3 is 2.48 bits per heavy atom. The predicted octanol–water partition coefficient (Wildman–Crippen LogP) is 2.28. The van der Waals surface area contributed by atoms with Crippen molar-refractivity contribution in [1.82, 2.24) is 20.0 Å². The summed E-state index contributed by atoms with van der Waals surface area (Å²) in [6.45, 7) is 7.07. The molecular formula is C24H31FN4O4. The molecular weight excluding hydrogens is 427 g/mol. The number of benzene rings is 1. The minimum Gasteiger partial charge on any atom is -0.463 e. The van der Waals surface area contributed by atoms with E-state index in [0.717, 1.165) is 12.8 Å². The lowest BCUT2D eigenvalue weighted by Crippen LogP contribution is -2.54. The van der Waals surface area contributed by atoms with E-state index in [2.05, 4.69) is 10.2 Å². The maximum atomic E-state index is 14.0. The Balaban J connectivity index is 1.63. The minimum absolute atomic E-state index is 0.188. The van der Waals surface area contributed by atoms with Crippen LogP contribution in [0.25, 0.3) is 0 Å². The molecule has 8 nitrogen and oxygen atoms in total. The quantitative estimate of drug-likeness (QED) is 0.634. The van der Waals surface area contributed by atoms with Gasteiger partial charge in [-0.1, -0.05) is 12.1 Å². The van der Waals surface area contributed by atoms with Crippen LogP contribution in [0.3, 0.4) is 0 Å². The molecule has 1 N–H and O–H groups in total. The summed E-state index contributed by atoms with van der Waals surface area (Å²) >= 11 is 0. The molecule has 1 saturated carbocycles. The van der Waals surface area contributed by atoms with E-state index in [4.69, 9.17) is 4.74 Å². The van der Waals surface area contributed by atoms with Crippen LogP contribution in [0.1, 0.15) is 38.3 Å². The first kappa shape index (κ1) is 23.2. The smallest absolute Gasteiger partial charge is 0.338 e. The van der Waals surface area contributed by atoms with Crippen LogP contribution < -0.4 is 5.32 Å². The third-order valence-corrected chi connectivity index (χ3v) is 6.42. The molecule has 0 radical (unpaired) electrons. The fourth-order valence-electron chi connectivity index (χ4n) is 4.52. The van der Waals surface area contributed by atoms with E-state index in [0.29, 0.717) is 56.1 Å². The normalized spacial score (nSPS) is 21.8. The fourth-order valence-corrected chi connectivity index (χ4v) is 4.52. The van der Waals surface area contributed by atoms with E-state index in [1.165, 1.54) is 12.1 Å². The Morgan fingerprint density at radius 2 is 1.88 bits per heavy atom. The topological polar surface area (TPSA) is 82.2 Å². The van der Waals surface area contributed by atoms with E-state index >= 15 is 0 Å². The van der Waals surface area contributed by atoms with Crippen LogP contribution in [0.4, 0.5) is 9.18 Å². The lowest BCUT2D eigenvalue weighted by atomic mass is 9.94. The number of hydrogen-bond donors (Lipinski definition) is 1. The van der Waals surface area contributed by atoms with Crippen molar-refractivity contribution in [3.8, 4) is 0 Å². The van der Waals surface area contributed by atoms with Crippen molar-refractivity contribution in [2.45, 2.75) is 32.7 Å². The highest BCUT2D eigenvalue weighted by molar-refractivity contribution is 5.95. The van der Waals surface area contributed by atoms with Crippen molar-refractivity contribution in [1.29, 1.82) is 0 Å². The standard InChI is InChI=1S/C24H31FN4O4/c1-3-29-19(15-27-10-12-28(13-11-27)22(30)16-8-9-16)20(23(31)33-4-2)21(26-24(29)32)17-6-5-7-18(25)14-17/h5-7,14,16,21H,3-4,8-13,15H2,1-2H3,(H,26,32). The fraction of sp³-hybridized carbons (Fsp3) is 0.542. The number of hydrogen-bond acceptors (Lipinski definition) is 5. The Labute approximate surface area is 193 Å². The number of urea groups is 1. The van der Waals surface area contributed by atoms with Gasteiger partial charge in [-0.15, -0.1) is 0 Å². The number of piperazine rings is 1. The number of likely N-dealkylation sites (N-methyl/N-ethyl adjacent to an activating group) is 1. The van der Waals surface area contributed by atoms with Gasteiger partial charge in [0, 0.05) is 50.9 Å². The van der Waals surface area contributed by atoms with Gasteiger partial charge in [-0.25, -0.2) is 14.0 Å². The summed E-state index contributed by atoms with van der Waals surface area (Å²) in [5.41, 5.74) is 1.37. The summed E-state index contributed by atoms with van der Waals surface area (Å²) in [4.78, 5) is 44.0. The van der Waals surface area contributed by atoms with Gasteiger partial charge in [-0.05, 0) is 44.4 Å². The molecule has 1 aromatic carbocycles. The van der Waals surface area contributed by atoms with Gasteiger partial charge >= 0.3 is 12.0 Å². The Morgan fingerprint density at radius 1 is 1.15 bits per heavy atom. The summed E-state index contributed by atoms with van der Waals surface area (Å²) < 4.78 is 19.3. The van der Waals surface area contributed by atoms with Gasteiger partial charge in [0.2, 0.25) is 5.91 Å². The van der Waals surface area contributed by atoms with Gasteiger partial charge in [0.25, 0.3) is 0 Å². The first-order valence-electron chi connectivity index (χ1n) is 11.7. The number of amides is 3. The van der Waals surface area contributed by atoms with E-state index in [1.807, 2.05) is 11.8 Å². The molecule has 1 aromatic rings. The predicted molar refractivity (Wildman–Crippen MR) is 119 cm³/mol. The highest BCUT2D eigenvalue weighted by Gasteiger charge is 2.39. The summed E-state index contributed by atoms with van der Waals surface area (Å²) in [5, 5.41) is 2.85. The summed E-state index contributed by atoms with van der Waals surface area (Å²) in [5.74, 6) is -0.539. The van der Waals surface area contributed by atoms with Crippen molar-refractivity contribution >= 4 is 17.9 Å². The SMILES string of the molecule is CCOC(=O)C1=C(CN2CCN(C(=O)C3CC3)CC2)N(CC)C(=O)NC1c1cccc(F)c1. The zero-order valence-electron chi connectivity index (χ0n) is 19.2. The third-order valence-electron chi connectivity index (χ3n) is 6.42. The molecule has 2 aliphatic heterocycles. The van der Waals surface area contributed by atoms with Crippen LogP contribution in [-0.2, 0) is 14.3 Å². The number of carbonyl (C=O) groups is 3. The molecule has 33 heavy (non-hydrogen) atoms. The van der Waals surface area contributed by atoms with Crippen molar-refractivity contribution in [3.63, 3.8) is 0 Å². The molecule has 4 rings (SSSR count). The van der Waals surface area contributed by atoms with Crippen molar-refractivity contribution < 1.29 is 23.5 Å². The second-order valence-electron chi connectivity index (χ2n) is 8.64. The zero-order valence-corrected chi connectivity index (χ0v) is 19.2. The molecule has 3 aliphatic rings. The number of halogens is 1. The first-order chi connectivity index (χ1) is 15.9. The molecule has 1 aliphatic carbocycles. The molecule has 2 fully saturated rings. The molecule has 1 atom stereocenters. The molecule has 1 unspecified atom stereocenters. The maximum absolute atomic E-state index is 14.0. The second-order valence-corrected chi connectivity index (χ2v) is 8.64. The number of esters is 1. The van der Waals surface area contributed by atoms with E-state index in [1.54, 1.807) is 24.0 Å². The van der Waals surface area contributed by atoms with Crippen molar-refractivity contribution in [2.75, 3.05) is 45.9 Å². The average Bonchev–Trinajstić information content (AvgIpc) is 3.64. The maximum Gasteiger partial charge on any atom is 0.338 e. The summed E-state index contributed by atoms with van der Waals surface area (Å²) in [6.07, 6.45) is 1.97. The Kier molecular flexibility index (Phi) is 6.97. The third kappa shape index (κ3) is 5.03. The average molecular weight is 459 g/mol. The van der Waals surface area contributed by atoms with Crippen molar-refractivity contribution in [2.24, 2.45) is 5.92 Å². The van der Waals surface area contributed by atoms with Crippen LogP contribution in [0, 0.1) is 11.7 Å². The van der Waals surface area contributed by atoms with Crippen LogP contribution >= 0.6 is 0 Å². The minimum atomic E-state index is -0.803. The largest absolute Gasteiger partial charge is 0.463 e. The molecule has 0 bridgehead atoms. The zero-order chi connectivity index (χ0) is 23.5. The van der Waals surface area contributed by atoms with Crippen molar-refractivity contribution in [3.05, 3.63) is 46.9 Å². The van der Waals surface area contributed by atoms with Gasteiger partial charge in [-0.2, -0.15) is 0 Å². The van der Waals surface area contributed by atoms with Crippen LogP contribution in [-0.4, -0.2) is 78.5 Å². The number of carbonyl (C=O) groups excluding carboxylic acids is 3. The molecule has 3 amide bonds. The molecule has 1 saturated heterocycles. The number of rotatable bonds is 7. The molecule has 9 heteroatoms. The monoisotopic (exact) mass is 458 g/mol. The van der Waals surface area contributed by atoms with Gasteiger partial charge in [-0.3, -0.25) is 14.6 Å². The van der Waals surface area contributed by atoms with Gasteiger partial charge in [0.1, 0.15) is 5.82 Å². The molecule has 178 valence electrons. The van der Waals surface area contributed by atoms with E-state index in [-0.39, 0.29) is 24.5 Å². The lowest BCUT2D eigenvalue weighted by Gasteiger charge is -2.40. The van der Waals surface area contributed by atoms with E-state index < -0.39 is 17.8 Å². The van der Waals surface area contributed by atoms with Gasteiger partial charge in [0.05, 0.1) is 18.2 Å². The molecule has 0 aromatic heterocycles. The van der Waals surface area contributed by atoms with Crippen LogP contribution in [0.5, 0.6) is 0 Å². The highest BCUT2D eigenvalue weighted by Crippen LogP contribution is 2.33. The highest BCUT2D eigenvalue weighted by atomic mass is 19.1.